The topological polar surface area (TPSA) is 74.0 Å². The quantitative estimate of drug-likeness (QED) is 0.259. The molecule has 162 valence electrons. The first-order chi connectivity index (χ1) is 16.0. The SMILES string of the molecule is O=C(Nc1cc(Cl)cc2c1[nH]c1c(NC(=O)c3ccccc3)cc(Cl)cc12)c1ccccc1. The standard InChI is InChI=1S/C26H17Cl2N3O2/c27-17-11-19-20-12-18(28)14-22(30-26(33)16-9-5-2-6-10-16)24(20)31-23(19)21(13-17)29-25(32)15-7-3-1-4-8-15/h1-14,31H,(H,29,32)(H,30,33). The fourth-order valence-electron chi connectivity index (χ4n) is 3.80. The molecular weight excluding hydrogens is 457 g/mol. The minimum atomic E-state index is -0.256. The maximum absolute atomic E-state index is 12.8. The van der Waals surface area contributed by atoms with Gasteiger partial charge in [0.2, 0.25) is 0 Å². The molecule has 1 aromatic heterocycles. The Morgan fingerprint density at radius 1 is 0.606 bits per heavy atom. The number of aromatic nitrogens is 1. The molecule has 3 N–H and O–H groups in total. The molecule has 0 unspecified atom stereocenters. The van der Waals surface area contributed by atoms with Gasteiger partial charge in [0.1, 0.15) is 0 Å². The zero-order chi connectivity index (χ0) is 22.9. The fourth-order valence-corrected chi connectivity index (χ4v) is 4.23. The number of H-pyrrole nitrogens is 1. The second-order valence-corrected chi connectivity index (χ2v) is 8.39. The van der Waals surface area contributed by atoms with E-state index < -0.39 is 0 Å². The molecule has 4 aromatic carbocycles. The first-order valence-corrected chi connectivity index (χ1v) is 10.9. The lowest BCUT2D eigenvalue weighted by Crippen LogP contribution is -2.12. The third kappa shape index (κ3) is 4.16. The molecular formula is C26H17Cl2N3O2. The van der Waals surface area contributed by atoms with E-state index >= 15 is 0 Å². The van der Waals surface area contributed by atoms with Gasteiger partial charge in [0.15, 0.2) is 0 Å². The molecule has 0 aliphatic heterocycles. The Morgan fingerprint density at radius 3 is 1.39 bits per heavy atom. The van der Waals surface area contributed by atoms with Crippen LogP contribution in [0.1, 0.15) is 20.7 Å². The lowest BCUT2D eigenvalue weighted by molar-refractivity contribution is 0.101. The van der Waals surface area contributed by atoms with Gasteiger partial charge in [0.25, 0.3) is 11.8 Å². The summed E-state index contributed by atoms with van der Waals surface area (Å²) in [5.41, 5.74) is 3.46. The van der Waals surface area contributed by atoms with Gasteiger partial charge in [0.05, 0.1) is 22.4 Å². The summed E-state index contributed by atoms with van der Waals surface area (Å²) in [5.74, 6) is -0.512. The predicted molar refractivity (Wildman–Crippen MR) is 135 cm³/mol. The number of benzene rings is 4. The van der Waals surface area contributed by atoms with Crippen molar-refractivity contribution in [3.63, 3.8) is 0 Å². The first kappa shape index (κ1) is 21.1. The number of hydrogen-bond donors (Lipinski definition) is 3. The van der Waals surface area contributed by atoms with Gasteiger partial charge in [-0.1, -0.05) is 59.6 Å². The Bertz CT molecular complexity index is 1400. The summed E-state index contributed by atoms with van der Waals surface area (Å²) < 4.78 is 0. The van der Waals surface area contributed by atoms with Crippen molar-refractivity contribution in [2.24, 2.45) is 0 Å². The van der Waals surface area contributed by atoms with E-state index in [1.165, 1.54) is 0 Å². The first-order valence-electron chi connectivity index (χ1n) is 10.2. The van der Waals surface area contributed by atoms with E-state index in [-0.39, 0.29) is 11.8 Å². The molecule has 0 aliphatic carbocycles. The van der Waals surface area contributed by atoms with Gasteiger partial charge in [-0.15, -0.1) is 0 Å². The predicted octanol–water partition coefficient (Wildman–Crippen LogP) is 7.13. The van der Waals surface area contributed by atoms with Gasteiger partial charge >= 0.3 is 0 Å². The summed E-state index contributed by atoms with van der Waals surface area (Å²) in [4.78, 5) is 28.9. The van der Waals surface area contributed by atoms with Crippen LogP contribution in [0, 0.1) is 0 Å². The number of anilines is 2. The summed E-state index contributed by atoms with van der Waals surface area (Å²) >= 11 is 12.8. The molecule has 5 nitrogen and oxygen atoms in total. The Morgan fingerprint density at radius 2 is 1.00 bits per heavy atom. The van der Waals surface area contributed by atoms with E-state index in [4.69, 9.17) is 23.2 Å². The van der Waals surface area contributed by atoms with E-state index in [1.54, 1.807) is 72.8 Å². The van der Waals surface area contributed by atoms with Crippen LogP contribution in [-0.2, 0) is 0 Å². The Kier molecular flexibility index (Phi) is 5.50. The summed E-state index contributed by atoms with van der Waals surface area (Å²) in [7, 11) is 0. The van der Waals surface area contributed by atoms with Gasteiger partial charge in [-0.2, -0.15) is 0 Å². The van der Waals surface area contributed by atoms with E-state index in [0.717, 1.165) is 10.8 Å². The van der Waals surface area contributed by atoms with Crippen molar-refractivity contribution < 1.29 is 9.59 Å². The molecule has 0 spiro atoms. The molecule has 2 amide bonds. The molecule has 0 aliphatic rings. The lowest BCUT2D eigenvalue weighted by atomic mass is 10.1. The average molecular weight is 474 g/mol. The van der Waals surface area contributed by atoms with Crippen molar-refractivity contribution in [3.05, 3.63) is 106 Å². The van der Waals surface area contributed by atoms with Crippen molar-refractivity contribution in [2.45, 2.75) is 0 Å². The number of fused-ring (bicyclic) bond motifs is 3. The smallest absolute Gasteiger partial charge is 0.255 e. The van der Waals surface area contributed by atoms with Crippen molar-refractivity contribution in [2.75, 3.05) is 10.6 Å². The van der Waals surface area contributed by atoms with Crippen molar-refractivity contribution in [1.29, 1.82) is 0 Å². The van der Waals surface area contributed by atoms with Crippen LogP contribution in [0.25, 0.3) is 21.8 Å². The maximum Gasteiger partial charge on any atom is 0.255 e. The number of amides is 2. The summed E-state index contributed by atoms with van der Waals surface area (Å²) in [6.45, 7) is 0. The Balaban J connectivity index is 1.61. The second kappa shape index (κ2) is 8.62. The van der Waals surface area contributed by atoms with Crippen LogP contribution >= 0.6 is 23.2 Å². The molecule has 0 saturated carbocycles. The van der Waals surface area contributed by atoms with Crippen LogP contribution in [0.3, 0.4) is 0 Å². The lowest BCUT2D eigenvalue weighted by Gasteiger charge is -2.07. The fraction of sp³-hybridized carbons (Fsp3) is 0. The van der Waals surface area contributed by atoms with Gasteiger partial charge < -0.3 is 15.6 Å². The zero-order valence-corrected chi connectivity index (χ0v) is 18.7. The molecule has 5 rings (SSSR count). The number of aromatic amines is 1. The Labute approximate surface area is 199 Å². The van der Waals surface area contributed by atoms with Crippen LogP contribution in [0.15, 0.2) is 84.9 Å². The normalized spacial score (nSPS) is 11.0. The molecule has 33 heavy (non-hydrogen) atoms. The monoisotopic (exact) mass is 473 g/mol. The van der Waals surface area contributed by atoms with Gasteiger partial charge in [-0.3, -0.25) is 9.59 Å². The van der Waals surface area contributed by atoms with Crippen LogP contribution < -0.4 is 10.6 Å². The molecule has 0 saturated heterocycles. The number of rotatable bonds is 4. The molecule has 5 aromatic rings. The summed E-state index contributed by atoms with van der Waals surface area (Å²) in [6, 6.07) is 24.8. The van der Waals surface area contributed by atoms with Gasteiger partial charge in [-0.25, -0.2) is 0 Å². The number of halogens is 2. The molecule has 0 atom stereocenters. The largest absolute Gasteiger partial charge is 0.351 e. The van der Waals surface area contributed by atoms with E-state index in [1.807, 2.05) is 12.1 Å². The van der Waals surface area contributed by atoms with E-state index in [9.17, 15) is 9.59 Å². The van der Waals surface area contributed by atoms with Crippen molar-refractivity contribution in [3.8, 4) is 0 Å². The van der Waals surface area contributed by atoms with Gasteiger partial charge in [-0.05, 0) is 48.5 Å². The number of carbonyl (C=O) groups excluding carboxylic acids is 2. The second-order valence-electron chi connectivity index (χ2n) is 7.52. The third-order valence-electron chi connectivity index (χ3n) is 5.31. The van der Waals surface area contributed by atoms with Crippen molar-refractivity contribution >= 4 is 68.2 Å². The van der Waals surface area contributed by atoms with Crippen LogP contribution in [0.5, 0.6) is 0 Å². The molecule has 0 fully saturated rings. The third-order valence-corrected chi connectivity index (χ3v) is 5.75. The minimum Gasteiger partial charge on any atom is -0.351 e. The molecule has 1 heterocycles. The Hall–Kier alpha value is -3.80. The highest BCUT2D eigenvalue weighted by atomic mass is 35.5. The minimum absolute atomic E-state index is 0.256. The summed E-state index contributed by atoms with van der Waals surface area (Å²) in [5, 5.41) is 8.33. The maximum atomic E-state index is 12.8. The summed E-state index contributed by atoms with van der Waals surface area (Å²) in [6.07, 6.45) is 0. The molecule has 7 heteroatoms. The van der Waals surface area contributed by atoms with Crippen LogP contribution in [0.4, 0.5) is 11.4 Å². The van der Waals surface area contributed by atoms with Crippen molar-refractivity contribution in [1.82, 2.24) is 4.98 Å². The number of hydrogen-bond acceptors (Lipinski definition) is 2. The molecule has 0 radical (unpaired) electrons. The average Bonchev–Trinajstić information content (AvgIpc) is 3.19. The zero-order valence-electron chi connectivity index (χ0n) is 17.2. The number of carbonyl (C=O) groups is 2. The van der Waals surface area contributed by atoms with Gasteiger partial charge in [0, 0.05) is 31.9 Å². The highest BCUT2D eigenvalue weighted by molar-refractivity contribution is 6.35. The highest BCUT2D eigenvalue weighted by Crippen LogP contribution is 2.38. The van der Waals surface area contributed by atoms with Crippen LogP contribution in [-0.4, -0.2) is 16.8 Å². The van der Waals surface area contributed by atoms with E-state index in [0.29, 0.717) is 43.6 Å². The number of nitrogens with one attached hydrogen (secondary N) is 3. The highest BCUT2D eigenvalue weighted by Gasteiger charge is 2.17. The van der Waals surface area contributed by atoms with E-state index in [2.05, 4.69) is 15.6 Å². The van der Waals surface area contributed by atoms with Crippen LogP contribution in [0.2, 0.25) is 10.0 Å². The molecule has 0 bridgehead atoms.